The molecule has 1 aliphatic carbocycles. The molecule has 10 heavy (non-hydrogen) atoms. The van der Waals surface area contributed by atoms with Gasteiger partial charge in [-0.25, -0.2) is 0 Å². The van der Waals surface area contributed by atoms with Gasteiger partial charge < -0.3 is 5.11 Å². The third-order valence-corrected chi connectivity index (χ3v) is 3.28. The Morgan fingerprint density at radius 3 is 2.50 bits per heavy atom. The highest BCUT2D eigenvalue weighted by atomic mass is 16.3. The molecule has 58 valence electrons. The normalized spacial score (nSPS) is 37.2. The molecule has 0 radical (unpaired) electrons. The van der Waals surface area contributed by atoms with E-state index in [1.807, 2.05) is 0 Å². The average Bonchev–Trinajstić information content (AvgIpc) is 2.63. The van der Waals surface area contributed by atoms with E-state index in [4.69, 9.17) is 5.11 Å². The highest BCUT2D eigenvalue weighted by molar-refractivity contribution is 5.08. The van der Waals surface area contributed by atoms with Crippen molar-refractivity contribution in [3.05, 3.63) is 0 Å². The van der Waals surface area contributed by atoms with Gasteiger partial charge in [-0.3, -0.25) is 4.90 Å². The van der Waals surface area contributed by atoms with Gasteiger partial charge in [0.2, 0.25) is 0 Å². The van der Waals surface area contributed by atoms with Crippen molar-refractivity contribution in [2.45, 2.75) is 37.3 Å². The van der Waals surface area contributed by atoms with Crippen molar-refractivity contribution in [1.82, 2.24) is 4.90 Å². The molecule has 0 aromatic rings. The molecular formula is C8H15NO. The van der Waals surface area contributed by atoms with Crippen LogP contribution in [0, 0.1) is 0 Å². The molecular weight excluding hydrogens is 126 g/mol. The zero-order valence-electron chi connectivity index (χ0n) is 6.51. The summed E-state index contributed by atoms with van der Waals surface area (Å²) in [5, 5.41) is 8.95. The van der Waals surface area contributed by atoms with E-state index in [9.17, 15) is 0 Å². The molecule has 0 amide bonds. The minimum Gasteiger partial charge on any atom is -0.395 e. The van der Waals surface area contributed by atoms with E-state index in [0.29, 0.717) is 18.2 Å². The Bertz CT molecular complexity index is 142. The number of aliphatic hydroxyl groups excluding tert-OH is 1. The third-order valence-electron chi connectivity index (χ3n) is 3.28. The van der Waals surface area contributed by atoms with Crippen LogP contribution in [-0.2, 0) is 0 Å². The largest absolute Gasteiger partial charge is 0.395 e. The van der Waals surface area contributed by atoms with Crippen LogP contribution in [-0.4, -0.2) is 35.2 Å². The second kappa shape index (κ2) is 1.95. The first-order chi connectivity index (χ1) is 4.78. The second-order valence-corrected chi connectivity index (χ2v) is 3.71. The fourth-order valence-electron chi connectivity index (χ4n) is 2.15. The molecule has 2 rings (SSSR count). The summed E-state index contributed by atoms with van der Waals surface area (Å²) in [5.74, 6) is 0. The molecule has 1 saturated carbocycles. The van der Waals surface area contributed by atoms with Crippen LogP contribution in [0.4, 0.5) is 0 Å². The number of likely N-dealkylation sites (N-methyl/N-ethyl adjacent to an activating group) is 1. The number of rotatable bonds is 1. The Morgan fingerprint density at radius 1 is 1.50 bits per heavy atom. The first-order valence-corrected chi connectivity index (χ1v) is 4.12. The molecule has 1 unspecified atom stereocenters. The predicted octanol–water partition coefficient (Wildman–Crippen LogP) is 0.605. The molecule has 1 spiro atoms. The van der Waals surface area contributed by atoms with Crippen LogP contribution in [0.25, 0.3) is 0 Å². The summed E-state index contributed by atoms with van der Waals surface area (Å²) < 4.78 is 0. The molecule has 0 aromatic carbocycles. The van der Waals surface area contributed by atoms with Gasteiger partial charge in [0, 0.05) is 11.6 Å². The Morgan fingerprint density at radius 2 is 2.20 bits per heavy atom. The molecule has 2 nitrogen and oxygen atoms in total. The summed E-state index contributed by atoms with van der Waals surface area (Å²) in [5.41, 5.74) is 0.549. The molecule has 2 aliphatic rings. The molecule has 2 fully saturated rings. The third kappa shape index (κ3) is 0.722. The number of hydrogen-bond acceptors (Lipinski definition) is 2. The van der Waals surface area contributed by atoms with Gasteiger partial charge in [-0.05, 0) is 32.7 Å². The number of nitrogens with zero attached hydrogens (tertiary/aromatic N) is 1. The van der Waals surface area contributed by atoms with Crippen molar-refractivity contribution in [3.8, 4) is 0 Å². The molecule has 0 aromatic heterocycles. The first-order valence-electron chi connectivity index (χ1n) is 4.12. The van der Waals surface area contributed by atoms with Crippen LogP contribution in [0.3, 0.4) is 0 Å². The monoisotopic (exact) mass is 141 g/mol. The van der Waals surface area contributed by atoms with Crippen molar-refractivity contribution in [1.29, 1.82) is 0 Å². The predicted molar refractivity (Wildman–Crippen MR) is 39.8 cm³/mol. The minimum atomic E-state index is 0.345. The Balaban J connectivity index is 2.05. The van der Waals surface area contributed by atoms with Crippen LogP contribution in [0.15, 0.2) is 0 Å². The topological polar surface area (TPSA) is 23.5 Å². The van der Waals surface area contributed by atoms with Gasteiger partial charge >= 0.3 is 0 Å². The summed E-state index contributed by atoms with van der Waals surface area (Å²) in [6.45, 7) is 0.345. The van der Waals surface area contributed by atoms with E-state index in [-0.39, 0.29) is 0 Å². The lowest BCUT2D eigenvalue weighted by atomic mass is 10.2. The summed E-state index contributed by atoms with van der Waals surface area (Å²) in [7, 11) is 2.15. The minimum absolute atomic E-state index is 0.345. The molecule has 1 saturated heterocycles. The number of likely N-dealkylation sites (tertiary alicyclic amines) is 1. The Kier molecular flexibility index (Phi) is 1.29. The van der Waals surface area contributed by atoms with Crippen LogP contribution >= 0.6 is 0 Å². The molecule has 1 heterocycles. The average molecular weight is 141 g/mol. The fraction of sp³-hybridized carbons (Fsp3) is 1.00. The molecule has 1 aliphatic heterocycles. The molecule has 2 heteroatoms. The van der Waals surface area contributed by atoms with Crippen molar-refractivity contribution in [3.63, 3.8) is 0 Å². The van der Waals surface area contributed by atoms with E-state index < -0.39 is 0 Å². The summed E-state index contributed by atoms with van der Waals surface area (Å²) >= 11 is 0. The lowest BCUT2D eigenvalue weighted by Crippen LogP contribution is -2.35. The number of hydrogen-bond donors (Lipinski definition) is 1. The van der Waals surface area contributed by atoms with E-state index in [1.165, 1.54) is 25.7 Å². The fourth-order valence-corrected chi connectivity index (χ4v) is 2.15. The van der Waals surface area contributed by atoms with Crippen molar-refractivity contribution in [2.24, 2.45) is 0 Å². The Hall–Kier alpha value is -0.0800. The molecule has 1 N–H and O–H groups in total. The summed E-state index contributed by atoms with van der Waals surface area (Å²) in [4.78, 5) is 2.38. The van der Waals surface area contributed by atoms with Gasteiger partial charge in [-0.15, -0.1) is 0 Å². The van der Waals surface area contributed by atoms with Crippen molar-refractivity contribution < 1.29 is 5.11 Å². The summed E-state index contributed by atoms with van der Waals surface area (Å²) in [6, 6.07) is 0.461. The SMILES string of the molecule is CN1C(CO)CCC12CC2. The van der Waals surface area contributed by atoms with Crippen LogP contribution in [0.1, 0.15) is 25.7 Å². The molecule has 1 atom stereocenters. The lowest BCUT2D eigenvalue weighted by molar-refractivity contribution is 0.147. The highest BCUT2D eigenvalue weighted by Gasteiger charge is 2.52. The van der Waals surface area contributed by atoms with E-state index in [1.54, 1.807) is 0 Å². The van der Waals surface area contributed by atoms with E-state index in [0.717, 1.165) is 0 Å². The van der Waals surface area contributed by atoms with Crippen molar-refractivity contribution >= 4 is 0 Å². The van der Waals surface area contributed by atoms with E-state index in [2.05, 4.69) is 11.9 Å². The van der Waals surface area contributed by atoms with Crippen LogP contribution < -0.4 is 0 Å². The maximum atomic E-state index is 8.95. The Labute approximate surface area is 61.8 Å². The maximum absolute atomic E-state index is 8.95. The van der Waals surface area contributed by atoms with Gasteiger partial charge in [-0.1, -0.05) is 0 Å². The van der Waals surface area contributed by atoms with Gasteiger partial charge in [0.25, 0.3) is 0 Å². The first kappa shape index (κ1) is 6.62. The standard InChI is InChI=1S/C8H15NO/c1-9-7(6-10)2-3-8(9)4-5-8/h7,10H,2-6H2,1H3. The zero-order chi connectivity index (χ0) is 7.19. The number of aliphatic hydroxyl groups is 1. The van der Waals surface area contributed by atoms with Gasteiger partial charge in [-0.2, -0.15) is 0 Å². The van der Waals surface area contributed by atoms with Gasteiger partial charge in [0.05, 0.1) is 6.61 Å². The maximum Gasteiger partial charge on any atom is 0.0586 e. The van der Waals surface area contributed by atoms with Crippen molar-refractivity contribution in [2.75, 3.05) is 13.7 Å². The van der Waals surface area contributed by atoms with E-state index >= 15 is 0 Å². The smallest absolute Gasteiger partial charge is 0.0586 e. The quantitative estimate of drug-likeness (QED) is 0.578. The molecule has 0 bridgehead atoms. The van der Waals surface area contributed by atoms with Gasteiger partial charge in [0.15, 0.2) is 0 Å². The summed E-state index contributed by atoms with van der Waals surface area (Å²) in [6.07, 6.45) is 5.24. The van der Waals surface area contributed by atoms with Crippen LogP contribution in [0.5, 0.6) is 0 Å². The van der Waals surface area contributed by atoms with Crippen LogP contribution in [0.2, 0.25) is 0 Å². The second-order valence-electron chi connectivity index (χ2n) is 3.71. The van der Waals surface area contributed by atoms with Gasteiger partial charge in [0.1, 0.15) is 0 Å². The highest BCUT2D eigenvalue weighted by Crippen LogP contribution is 2.50. The zero-order valence-corrected chi connectivity index (χ0v) is 6.51. The lowest BCUT2D eigenvalue weighted by Gasteiger charge is -2.23.